The molecule has 0 heterocycles. The van der Waals surface area contributed by atoms with Crippen LogP contribution in [0.2, 0.25) is 0 Å². The van der Waals surface area contributed by atoms with Crippen molar-refractivity contribution < 1.29 is 19.7 Å². The van der Waals surface area contributed by atoms with Gasteiger partial charge in [0, 0.05) is 32.5 Å². The van der Waals surface area contributed by atoms with Crippen molar-refractivity contribution in [3.05, 3.63) is 0 Å². The summed E-state index contributed by atoms with van der Waals surface area (Å²) in [6.07, 6.45) is 9.54. The SMILES string of the molecule is CCCCCCCCCCC(O)CC(F)(CCO)CCO. The summed E-state index contributed by atoms with van der Waals surface area (Å²) in [5.41, 5.74) is -1.64. The summed E-state index contributed by atoms with van der Waals surface area (Å²) in [5.74, 6) is 0. The fraction of sp³-hybridized carbons (Fsp3) is 1.00. The molecule has 0 rings (SSSR count). The molecule has 0 aromatic heterocycles. The van der Waals surface area contributed by atoms with E-state index in [2.05, 4.69) is 6.92 Å². The van der Waals surface area contributed by atoms with Crippen LogP contribution in [0.4, 0.5) is 4.39 Å². The smallest absolute Gasteiger partial charge is 0.117 e. The summed E-state index contributed by atoms with van der Waals surface area (Å²) < 4.78 is 14.3. The Kier molecular flexibility index (Phi) is 13.3. The van der Waals surface area contributed by atoms with Gasteiger partial charge in [0.25, 0.3) is 0 Å². The minimum absolute atomic E-state index is 0.0119. The third-order valence-electron chi connectivity index (χ3n) is 4.11. The second kappa shape index (κ2) is 13.5. The first-order valence-corrected chi connectivity index (χ1v) is 8.66. The molecule has 3 nitrogen and oxygen atoms in total. The molecule has 4 heteroatoms. The van der Waals surface area contributed by atoms with Gasteiger partial charge in [-0.2, -0.15) is 0 Å². The van der Waals surface area contributed by atoms with Gasteiger partial charge >= 0.3 is 0 Å². The Morgan fingerprint density at radius 2 is 1.33 bits per heavy atom. The fourth-order valence-corrected chi connectivity index (χ4v) is 2.77. The van der Waals surface area contributed by atoms with Gasteiger partial charge in [-0.1, -0.05) is 58.3 Å². The third-order valence-corrected chi connectivity index (χ3v) is 4.11. The van der Waals surface area contributed by atoms with Crippen molar-refractivity contribution in [2.75, 3.05) is 13.2 Å². The summed E-state index contributed by atoms with van der Waals surface area (Å²) in [6, 6.07) is 0. The monoisotopic (exact) mass is 306 g/mol. The van der Waals surface area contributed by atoms with Crippen LogP contribution in [0.5, 0.6) is 0 Å². The molecule has 0 aliphatic rings. The van der Waals surface area contributed by atoms with Gasteiger partial charge in [0.05, 0.1) is 6.10 Å². The van der Waals surface area contributed by atoms with E-state index in [1.54, 1.807) is 0 Å². The minimum atomic E-state index is -1.64. The van der Waals surface area contributed by atoms with Gasteiger partial charge in [0.15, 0.2) is 0 Å². The molecule has 0 fully saturated rings. The molecular formula is C17H35FO3. The highest BCUT2D eigenvalue weighted by molar-refractivity contribution is 4.82. The molecule has 0 spiro atoms. The topological polar surface area (TPSA) is 60.7 Å². The normalized spacial score (nSPS) is 13.6. The van der Waals surface area contributed by atoms with Gasteiger partial charge in [-0.05, 0) is 6.42 Å². The molecule has 0 aromatic rings. The van der Waals surface area contributed by atoms with E-state index in [1.165, 1.54) is 38.5 Å². The molecule has 0 radical (unpaired) electrons. The number of aliphatic hydroxyl groups is 3. The lowest BCUT2D eigenvalue weighted by Gasteiger charge is -2.26. The standard InChI is InChI=1S/C17H35FO3/c1-2-3-4-5-6-7-8-9-10-16(21)15-17(18,11-13-19)12-14-20/h16,19-21H,2-15H2,1H3. The van der Waals surface area contributed by atoms with Gasteiger partial charge in [-0.15, -0.1) is 0 Å². The van der Waals surface area contributed by atoms with Crippen LogP contribution in [0.15, 0.2) is 0 Å². The quantitative estimate of drug-likeness (QED) is 0.404. The fourth-order valence-electron chi connectivity index (χ4n) is 2.77. The molecule has 0 bridgehead atoms. The molecule has 0 saturated carbocycles. The van der Waals surface area contributed by atoms with Gasteiger partial charge in [0.2, 0.25) is 0 Å². The molecule has 128 valence electrons. The number of hydrogen-bond acceptors (Lipinski definition) is 3. The van der Waals surface area contributed by atoms with Crippen LogP contribution in [-0.2, 0) is 0 Å². The number of halogens is 1. The van der Waals surface area contributed by atoms with E-state index >= 15 is 0 Å². The lowest BCUT2D eigenvalue weighted by molar-refractivity contribution is 0.0209. The number of rotatable bonds is 15. The van der Waals surface area contributed by atoms with Gasteiger partial charge in [-0.25, -0.2) is 4.39 Å². The van der Waals surface area contributed by atoms with Crippen LogP contribution in [0.25, 0.3) is 0 Å². The van der Waals surface area contributed by atoms with Gasteiger partial charge < -0.3 is 15.3 Å². The summed E-state index contributed by atoms with van der Waals surface area (Å²) >= 11 is 0. The Morgan fingerprint density at radius 1 is 0.857 bits per heavy atom. The molecule has 3 N–H and O–H groups in total. The van der Waals surface area contributed by atoms with E-state index in [-0.39, 0.29) is 32.5 Å². The van der Waals surface area contributed by atoms with Crippen LogP contribution in [-0.4, -0.2) is 40.3 Å². The summed E-state index contributed by atoms with van der Waals surface area (Å²) in [6.45, 7) is 1.71. The molecular weight excluding hydrogens is 271 g/mol. The first kappa shape index (κ1) is 20.8. The van der Waals surface area contributed by atoms with E-state index in [0.29, 0.717) is 6.42 Å². The van der Waals surface area contributed by atoms with Crippen molar-refractivity contribution in [3.8, 4) is 0 Å². The van der Waals surface area contributed by atoms with E-state index < -0.39 is 11.8 Å². The number of hydrogen-bond donors (Lipinski definition) is 3. The average Bonchev–Trinajstić information content (AvgIpc) is 2.42. The van der Waals surface area contributed by atoms with Crippen LogP contribution < -0.4 is 0 Å². The van der Waals surface area contributed by atoms with Gasteiger partial charge in [-0.3, -0.25) is 0 Å². The van der Waals surface area contributed by atoms with Crippen LogP contribution in [0.1, 0.15) is 84.0 Å². The lowest BCUT2D eigenvalue weighted by Crippen LogP contribution is -2.31. The largest absolute Gasteiger partial charge is 0.396 e. The predicted molar refractivity (Wildman–Crippen MR) is 85.1 cm³/mol. The molecule has 0 saturated heterocycles. The summed E-state index contributed by atoms with van der Waals surface area (Å²) in [5, 5.41) is 27.7. The first-order valence-electron chi connectivity index (χ1n) is 8.66. The number of aliphatic hydroxyl groups excluding tert-OH is 3. The van der Waals surface area contributed by atoms with Crippen molar-refractivity contribution in [1.82, 2.24) is 0 Å². The molecule has 1 unspecified atom stereocenters. The van der Waals surface area contributed by atoms with Crippen molar-refractivity contribution in [1.29, 1.82) is 0 Å². The van der Waals surface area contributed by atoms with Crippen molar-refractivity contribution >= 4 is 0 Å². The highest BCUT2D eigenvalue weighted by Gasteiger charge is 2.31. The second-order valence-corrected chi connectivity index (χ2v) is 6.22. The van der Waals surface area contributed by atoms with E-state index in [9.17, 15) is 9.50 Å². The maximum absolute atomic E-state index is 14.3. The average molecular weight is 306 g/mol. The van der Waals surface area contributed by atoms with Crippen molar-refractivity contribution in [2.24, 2.45) is 0 Å². The van der Waals surface area contributed by atoms with Crippen LogP contribution >= 0.6 is 0 Å². The zero-order chi connectivity index (χ0) is 16.0. The van der Waals surface area contributed by atoms with Crippen molar-refractivity contribution in [2.45, 2.75) is 95.7 Å². The van der Waals surface area contributed by atoms with E-state index in [4.69, 9.17) is 10.2 Å². The van der Waals surface area contributed by atoms with E-state index in [1.807, 2.05) is 0 Å². The lowest BCUT2D eigenvalue weighted by atomic mass is 9.89. The third kappa shape index (κ3) is 12.1. The molecule has 21 heavy (non-hydrogen) atoms. The highest BCUT2D eigenvalue weighted by Crippen LogP contribution is 2.28. The molecule has 0 aliphatic heterocycles. The maximum atomic E-state index is 14.3. The second-order valence-electron chi connectivity index (χ2n) is 6.22. The summed E-state index contributed by atoms with van der Waals surface area (Å²) in [4.78, 5) is 0. The van der Waals surface area contributed by atoms with Gasteiger partial charge in [0.1, 0.15) is 5.67 Å². The minimum Gasteiger partial charge on any atom is -0.396 e. The van der Waals surface area contributed by atoms with Crippen LogP contribution in [0, 0.1) is 0 Å². The Labute approximate surface area is 129 Å². The number of unbranched alkanes of at least 4 members (excludes halogenated alkanes) is 7. The highest BCUT2D eigenvalue weighted by atomic mass is 19.1. The Bertz CT molecular complexity index is 218. The molecule has 1 atom stereocenters. The first-order chi connectivity index (χ1) is 10.1. The molecule has 0 amide bonds. The zero-order valence-electron chi connectivity index (χ0n) is 13.7. The maximum Gasteiger partial charge on any atom is 0.117 e. The predicted octanol–water partition coefficient (Wildman–Crippen LogP) is 3.74. The number of alkyl halides is 1. The Morgan fingerprint density at radius 3 is 1.81 bits per heavy atom. The Balaban J connectivity index is 3.66. The summed E-state index contributed by atoms with van der Waals surface area (Å²) in [7, 11) is 0. The van der Waals surface area contributed by atoms with Crippen molar-refractivity contribution in [3.63, 3.8) is 0 Å². The van der Waals surface area contributed by atoms with E-state index in [0.717, 1.165) is 12.8 Å². The Hall–Kier alpha value is -0.190. The molecule has 0 aromatic carbocycles. The van der Waals surface area contributed by atoms with Crippen LogP contribution in [0.3, 0.4) is 0 Å². The zero-order valence-corrected chi connectivity index (χ0v) is 13.7. The molecule has 0 aliphatic carbocycles.